The highest BCUT2D eigenvalue weighted by molar-refractivity contribution is 6.33. The van der Waals surface area contributed by atoms with Crippen molar-refractivity contribution >= 4 is 29.2 Å². The van der Waals surface area contributed by atoms with Crippen LogP contribution in [0.3, 0.4) is 0 Å². The molecule has 2 aromatic carbocycles. The number of ether oxygens (including phenoxy) is 2. The van der Waals surface area contributed by atoms with Gasteiger partial charge < -0.3 is 14.8 Å². The minimum absolute atomic E-state index is 0.311. The van der Waals surface area contributed by atoms with Gasteiger partial charge in [0, 0.05) is 5.69 Å². The van der Waals surface area contributed by atoms with Gasteiger partial charge in [0.1, 0.15) is 5.75 Å². The quantitative estimate of drug-likeness (QED) is 0.659. The normalized spacial score (nSPS) is 10.2. The molecule has 2 aromatic rings. The van der Waals surface area contributed by atoms with Crippen LogP contribution in [0.1, 0.15) is 10.4 Å². The zero-order chi connectivity index (χ0) is 17.7. The second kappa shape index (κ2) is 7.74. The molecule has 0 atom stereocenters. The lowest BCUT2D eigenvalue weighted by atomic mass is 10.2. The van der Waals surface area contributed by atoms with Gasteiger partial charge in [-0.05, 0) is 36.4 Å². The number of methoxy groups -OCH3 is 1. The fourth-order valence-corrected chi connectivity index (χ4v) is 1.99. The van der Waals surface area contributed by atoms with Crippen LogP contribution < -0.4 is 10.1 Å². The van der Waals surface area contributed by atoms with Gasteiger partial charge in [-0.25, -0.2) is 13.6 Å². The van der Waals surface area contributed by atoms with Gasteiger partial charge in [-0.2, -0.15) is 0 Å². The second-order valence-corrected chi connectivity index (χ2v) is 5.01. The van der Waals surface area contributed by atoms with Gasteiger partial charge in [-0.15, -0.1) is 0 Å². The summed E-state index contributed by atoms with van der Waals surface area (Å²) >= 11 is 5.65. The van der Waals surface area contributed by atoms with Crippen molar-refractivity contribution in [1.82, 2.24) is 0 Å². The van der Waals surface area contributed by atoms with Crippen LogP contribution in [0.2, 0.25) is 5.02 Å². The average Bonchev–Trinajstić information content (AvgIpc) is 2.56. The maximum absolute atomic E-state index is 13.1. The number of nitrogens with one attached hydrogen (secondary N) is 1. The number of hydrogen-bond acceptors (Lipinski definition) is 4. The first-order valence-electron chi connectivity index (χ1n) is 6.66. The summed E-state index contributed by atoms with van der Waals surface area (Å²) in [5.41, 5.74) is 0.107. The molecule has 24 heavy (non-hydrogen) atoms. The molecular weight excluding hydrogens is 344 g/mol. The lowest BCUT2D eigenvalue weighted by Gasteiger charge is -2.08. The summed E-state index contributed by atoms with van der Waals surface area (Å²) in [6.07, 6.45) is 0. The first-order valence-corrected chi connectivity index (χ1v) is 7.04. The van der Waals surface area contributed by atoms with E-state index in [-0.39, 0.29) is 10.6 Å². The molecule has 0 unspecified atom stereocenters. The number of esters is 1. The van der Waals surface area contributed by atoms with E-state index in [0.29, 0.717) is 23.6 Å². The van der Waals surface area contributed by atoms with E-state index < -0.39 is 30.1 Å². The third kappa shape index (κ3) is 4.42. The Morgan fingerprint density at radius 3 is 2.38 bits per heavy atom. The zero-order valence-electron chi connectivity index (χ0n) is 12.4. The maximum atomic E-state index is 13.1. The van der Waals surface area contributed by atoms with Gasteiger partial charge in [0.15, 0.2) is 18.2 Å². The van der Waals surface area contributed by atoms with Crippen molar-refractivity contribution in [2.45, 2.75) is 0 Å². The SMILES string of the molecule is COc1ccc(NC(=O)COC(=O)c2cc(F)c(F)cc2Cl)cc1. The molecule has 1 N–H and O–H groups in total. The Morgan fingerprint density at radius 2 is 1.75 bits per heavy atom. The number of hydrogen-bond donors (Lipinski definition) is 1. The number of halogens is 3. The molecule has 0 aliphatic carbocycles. The summed E-state index contributed by atoms with van der Waals surface area (Å²) < 4.78 is 35.8. The molecule has 0 aliphatic heterocycles. The van der Waals surface area contributed by atoms with Crippen molar-refractivity contribution in [2.24, 2.45) is 0 Å². The highest BCUT2D eigenvalue weighted by Crippen LogP contribution is 2.21. The Hall–Kier alpha value is -2.67. The Morgan fingerprint density at radius 1 is 1.12 bits per heavy atom. The molecule has 0 bridgehead atoms. The number of benzene rings is 2. The Kier molecular flexibility index (Phi) is 5.70. The molecule has 0 radical (unpaired) electrons. The first-order chi connectivity index (χ1) is 11.4. The van der Waals surface area contributed by atoms with Crippen molar-refractivity contribution in [2.75, 3.05) is 19.0 Å². The Balaban J connectivity index is 1.93. The van der Waals surface area contributed by atoms with Crippen LogP contribution in [0, 0.1) is 11.6 Å². The molecule has 0 spiro atoms. The van der Waals surface area contributed by atoms with Gasteiger partial charge in [0.05, 0.1) is 17.7 Å². The summed E-state index contributed by atoms with van der Waals surface area (Å²) in [6, 6.07) is 7.76. The highest BCUT2D eigenvalue weighted by Gasteiger charge is 2.17. The van der Waals surface area contributed by atoms with Crippen LogP contribution >= 0.6 is 11.6 Å². The van der Waals surface area contributed by atoms with Crippen LogP contribution in [0.5, 0.6) is 5.75 Å². The van der Waals surface area contributed by atoms with Crippen molar-refractivity contribution in [3.8, 4) is 5.75 Å². The summed E-state index contributed by atoms with van der Waals surface area (Å²) in [6.45, 7) is -0.611. The molecule has 0 saturated heterocycles. The van der Waals surface area contributed by atoms with Crippen molar-refractivity contribution < 1.29 is 27.8 Å². The van der Waals surface area contributed by atoms with Crippen LogP contribution in [-0.4, -0.2) is 25.6 Å². The van der Waals surface area contributed by atoms with E-state index in [1.54, 1.807) is 24.3 Å². The van der Waals surface area contributed by atoms with Gasteiger partial charge in [0.2, 0.25) is 0 Å². The molecule has 0 aliphatic rings. The van der Waals surface area contributed by atoms with Crippen molar-refractivity contribution in [1.29, 1.82) is 0 Å². The topological polar surface area (TPSA) is 64.6 Å². The third-order valence-corrected chi connectivity index (χ3v) is 3.25. The Labute approximate surface area is 141 Å². The van der Waals surface area contributed by atoms with E-state index in [4.69, 9.17) is 21.1 Å². The highest BCUT2D eigenvalue weighted by atomic mass is 35.5. The number of rotatable bonds is 5. The lowest BCUT2D eigenvalue weighted by molar-refractivity contribution is -0.119. The van der Waals surface area contributed by atoms with Crippen LogP contribution in [0.4, 0.5) is 14.5 Å². The van der Waals surface area contributed by atoms with E-state index in [9.17, 15) is 18.4 Å². The largest absolute Gasteiger partial charge is 0.497 e. The van der Waals surface area contributed by atoms with Crippen molar-refractivity contribution in [3.05, 3.63) is 58.6 Å². The second-order valence-electron chi connectivity index (χ2n) is 4.60. The molecule has 1 amide bonds. The zero-order valence-corrected chi connectivity index (χ0v) is 13.2. The number of carbonyl (C=O) groups excluding carboxylic acids is 2. The smallest absolute Gasteiger partial charge is 0.340 e. The molecule has 2 rings (SSSR count). The summed E-state index contributed by atoms with van der Waals surface area (Å²) in [5.74, 6) is -3.45. The van der Waals surface area contributed by atoms with Crippen LogP contribution in [0.15, 0.2) is 36.4 Å². The molecule has 0 aromatic heterocycles. The predicted octanol–water partition coefficient (Wildman–Crippen LogP) is 3.42. The van der Waals surface area contributed by atoms with E-state index in [1.165, 1.54) is 7.11 Å². The van der Waals surface area contributed by atoms with E-state index in [1.807, 2.05) is 0 Å². The molecular formula is C16H12ClF2NO4. The minimum atomic E-state index is -1.24. The molecule has 0 saturated carbocycles. The molecule has 5 nitrogen and oxygen atoms in total. The van der Waals surface area contributed by atoms with E-state index >= 15 is 0 Å². The van der Waals surface area contributed by atoms with Crippen LogP contribution in [-0.2, 0) is 9.53 Å². The third-order valence-electron chi connectivity index (χ3n) is 2.94. The summed E-state index contributed by atoms with van der Waals surface area (Å²) in [4.78, 5) is 23.5. The number of anilines is 1. The molecule has 0 heterocycles. The number of carbonyl (C=O) groups is 2. The standard InChI is InChI=1S/C16H12ClF2NO4/c1-23-10-4-2-9(3-5-10)20-15(21)8-24-16(22)11-6-13(18)14(19)7-12(11)17/h2-7H,8H2,1H3,(H,20,21). The van der Waals surface area contributed by atoms with Gasteiger partial charge in [-0.1, -0.05) is 11.6 Å². The Bertz CT molecular complexity index is 765. The maximum Gasteiger partial charge on any atom is 0.340 e. The van der Waals surface area contributed by atoms with Gasteiger partial charge >= 0.3 is 5.97 Å². The summed E-state index contributed by atoms with van der Waals surface area (Å²) in [5, 5.41) is 2.19. The minimum Gasteiger partial charge on any atom is -0.497 e. The molecule has 0 fully saturated rings. The average molecular weight is 356 g/mol. The van der Waals surface area contributed by atoms with Crippen molar-refractivity contribution in [3.63, 3.8) is 0 Å². The molecule has 126 valence electrons. The van der Waals surface area contributed by atoms with Gasteiger partial charge in [-0.3, -0.25) is 4.79 Å². The lowest BCUT2D eigenvalue weighted by Crippen LogP contribution is -2.21. The fourth-order valence-electron chi connectivity index (χ4n) is 1.76. The number of amides is 1. The predicted molar refractivity (Wildman–Crippen MR) is 83.3 cm³/mol. The van der Waals surface area contributed by atoms with E-state index in [0.717, 1.165) is 0 Å². The van der Waals surface area contributed by atoms with E-state index in [2.05, 4.69) is 5.32 Å². The van der Waals surface area contributed by atoms with Gasteiger partial charge in [0.25, 0.3) is 5.91 Å². The molecule has 8 heteroatoms. The van der Waals surface area contributed by atoms with Crippen LogP contribution in [0.25, 0.3) is 0 Å². The first kappa shape index (κ1) is 17.7. The monoisotopic (exact) mass is 355 g/mol. The summed E-state index contributed by atoms with van der Waals surface area (Å²) in [7, 11) is 1.51. The fraction of sp³-hybridized carbons (Fsp3) is 0.125.